The molecule has 10 nitrogen and oxygen atoms in total. The Labute approximate surface area is 192 Å². The van der Waals surface area contributed by atoms with Gasteiger partial charge in [-0.1, -0.05) is 19.3 Å². The van der Waals surface area contributed by atoms with Gasteiger partial charge in [-0.25, -0.2) is 4.98 Å². The van der Waals surface area contributed by atoms with Crippen molar-refractivity contribution in [2.24, 2.45) is 5.73 Å². The van der Waals surface area contributed by atoms with Crippen LogP contribution >= 0.6 is 0 Å². The Kier molecular flexibility index (Phi) is 7.23. The second kappa shape index (κ2) is 10.5. The molecule has 0 atom stereocenters. The molecule has 3 aromatic rings. The van der Waals surface area contributed by atoms with Crippen molar-refractivity contribution in [2.45, 2.75) is 51.0 Å². The lowest BCUT2D eigenvalue weighted by molar-refractivity contribution is 0.100. The number of anilines is 3. The first-order valence-corrected chi connectivity index (χ1v) is 11.5. The molecule has 1 saturated heterocycles. The molecular formula is C23H31N7O3. The summed E-state index contributed by atoms with van der Waals surface area (Å²) in [5, 5.41) is 10.3. The van der Waals surface area contributed by atoms with Crippen molar-refractivity contribution in [2.75, 3.05) is 30.9 Å². The summed E-state index contributed by atoms with van der Waals surface area (Å²) in [6.07, 6.45) is 11.4. The predicted molar refractivity (Wildman–Crippen MR) is 127 cm³/mol. The summed E-state index contributed by atoms with van der Waals surface area (Å²) in [6, 6.07) is 5.56. The summed E-state index contributed by atoms with van der Waals surface area (Å²) < 4.78 is 8.25. The summed E-state index contributed by atoms with van der Waals surface area (Å²) in [7, 11) is 1.74. The van der Waals surface area contributed by atoms with Crippen LogP contribution in [-0.2, 0) is 4.74 Å². The normalized spacial score (nSPS) is 16.3. The van der Waals surface area contributed by atoms with E-state index in [1.807, 2.05) is 16.8 Å². The molecule has 3 aromatic heterocycles. The fraction of sp³-hybridized carbons (Fsp3) is 0.478. The highest BCUT2D eigenvalue weighted by Gasteiger charge is 2.18. The first kappa shape index (κ1) is 22.8. The molecule has 4 N–H and O–H groups in total. The standard InChI is InChI=1S/C19H23N7O2.C4H8O/c1-21-16-10-15(24-18-13(17(20)27)11-22-26(16)18)23-14-8-5-9-25(19(14)28)12-6-3-2-4-7-12;1-2-4-5-3-1/h5,8-12,21H,2-4,6-7H2,1H3,(H2,20,27)(H,23,24);1-4H2. The highest BCUT2D eigenvalue weighted by molar-refractivity contribution is 5.98. The molecule has 1 saturated carbocycles. The fourth-order valence-electron chi connectivity index (χ4n) is 4.28. The number of fused-ring (bicyclic) bond motifs is 1. The molecule has 5 rings (SSSR count). The van der Waals surface area contributed by atoms with E-state index < -0.39 is 5.91 Å². The van der Waals surface area contributed by atoms with E-state index in [2.05, 4.69) is 20.7 Å². The quantitative estimate of drug-likeness (QED) is 0.541. The molecule has 1 aliphatic carbocycles. The molecule has 176 valence electrons. The SMILES string of the molecule is C1CCOC1.CNc1cc(Nc2cccn(C3CCCCC3)c2=O)nc2c(C(N)=O)cnn12. The summed E-state index contributed by atoms with van der Waals surface area (Å²) >= 11 is 0. The van der Waals surface area contributed by atoms with E-state index in [0.29, 0.717) is 23.0 Å². The maximum atomic E-state index is 13.0. The average Bonchev–Trinajstić information content (AvgIpc) is 3.54. The van der Waals surface area contributed by atoms with Gasteiger partial charge in [0.05, 0.1) is 6.20 Å². The van der Waals surface area contributed by atoms with Gasteiger partial charge in [-0.15, -0.1) is 0 Å². The van der Waals surface area contributed by atoms with Gasteiger partial charge in [0.25, 0.3) is 11.5 Å². The molecule has 0 aromatic carbocycles. The van der Waals surface area contributed by atoms with Gasteiger partial charge in [0, 0.05) is 38.6 Å². The first-order valence-electron chi connectivity index (χ1n) is 11.5. The van der Waals surface area contributed by atoms with Gasteiger partial charge in [-0.2, -0.15) is 9.61 Å². The molecule has 0 bridgehead atoms. The first-order chi connectivity index (χ1) is 16.1. The Hall–Kier alpha value is -3.40. The lowest BCUT2D eigenvalue weighted by atomic mass is 9.95. The van der Waals surface area contributed by atoms with Gasteiger partial charge < -0.3 is 25.7 Å². The molecule has 2 fully saturated rings. The minimum absolute atomic E-state index is 0.0780. The van der Waals surface area contributed by atoms with E-state index in [4.69, 9.17) is 10.5 Å². The van der Waals surface area contributed by atoms with E-state index in [-0.39, 0.29) is 17.2 Å². The van der Waals surface area contributed by atoms with Crippen LogP contribution in [0.3, 0.4) is 0 Å². The third kappa shape index (κ3) is 5.16. The largest absolute Gasteiger partial charge is 0.381 e. The number of ether oxygens (including phenoxy) is 1. The number of hydrogen-bond donors (Lipinski definition) is 3. The summed E-state index contributed by atoms with van der Waals surface area (Å²) in [4.78, 5) is 29.1. The minimum atomic E-state index is -0.610. The van der Waals surface area contributed by atoms with Crippen molar-refractivity contribution < 1.29 is 9.53 Å². The highest BCUT2D eigenvalue weighted by atomic mass is 16.5. The molecule has 1 aliphatic heterocycles. The number of rotatable bonds is 5. The lowest BCUT2D eigenvalue weighted by Crippen LogP contribution is -2.27. The van der Waals surface area contributed by atoms with E-state index in [1.165, 1.54) is 30.0 Å². The van der Waals surface area contributed by atoms with Crippen LogP contribution in [0.1, 0.15) is 61.3 Å². The zero-order chi connectivity index (χ0) is 23.2. The Morgan fingerprint density at radius 3 is 2.58 bits per heavy atom. The number of carbonyl (C=O) groups excluding carboxylic acids is 1. The number of nitrogens with zero attached hydrogens (tertiary/aromatic N) is 4. The number of nitrogens with one attached hydrogen (secondary N) is 2. The van der Waals surface area contributed by atoms with Crippen molar-refractivity contribution >= 4 is 28.9 Å². The molecule has 0 radical (unpaired) electrons. The number of amides is 1. The van der Waals surface area contributed by atoms with Gasteiger partial charge in [0.1, 0.15) is 22.9 Å². The number of carbonyl (C=O) groups is 1. The minimum Gasteiger partial charge on any atom is -0.381 e. The van der Waals surface area contributed by atoms with Gasteiger partial charge >= 0.3 is 0 Å². The van der Waals surface area contributed by atoms with Crippen LogP contribution in [0.4, 0.5) is 17.3 Å². The van der Waals surface area contributed by atoms with Crippen molar-refractivity contribution in [1.29, 1.82) is 0 Å². The van der Waals surface area contributed by atoms with Crippen LogP contribution in [0.2, 0.25) is 0 Å². The third-order valence-electron chi connectivity index (χ3n) is 6.03. The van der Waals surface area contributed by atoms with E-state index in [9.17, 15) is 9.59 Å². The van der Waals surface area contributed by atoms with Crippen LogP contribution in [0.5, 0.6) is 0 Å². The molecule has 2 aliphatic rings. The van der Waals surface area contributed by atoms with Crippen molar-refractivity contribution in [3.63, 3.8) is 0 Å². The molecule has 33 heavy (non-hydrogen) atoms. The Balaban J connectivity index is 0.000000459. The van der Waals surface area contributed by atoms with Crippen LogP contribution in [-0.4, -0.2) is 45.3 Å². The van der Waals surface area contributed by atoms with Gasteiger partial charge in [-0.05, 0) is 37.8 Å². The zero-order valence-corrected chi connectivity index (χ0v) is 18.9. The smallest absolute Gasteiger partial charge is 0.274 e. The maximum Gasteiger partial charge on any atom is 0.274 e. The molecule has 0 spiro atoms. The molecule has 0 unspecified atom stereocenters. The monoisotopic (exact) mass is 453 g/mol. The van der Waals surface area contributed by atoms with Gasteiger partial charge in [0.2, 0.25) is 0 Å². The lowest BCUT2D eigenvalue weighted by Gasteiger charge is -2.24. The topological polar surface area (TPSA) is 129 Å². The van der Waals surface area contributed by atoms with E-state index in [1.54, 1.807) is 19.2 Å². The zero-order valence-electron chi connectivity index (χ0n) is 18.9. The second-order valence-electron chi connectivity index (χ2n) is 8.31. The summed E-state index contributed by atoms with van der Waals surface area (Å²) in [5.74, 6) is 0.433. The Bertz CT molecular complexity index is 1150. The summed E-state index contributed by atoms with van der Waals surface area (Å²) in [5.41, 5.74) is 6.32. The number of nitrogens with two attached hydrogens (primary N) is 1. The van der Waals surface area contributed by atoms with Crippen LogP contribution in [0.15, 0.2) is 35.4 Å². The fourth-order valence-corrected chi connectivity index (χ4v) is 4.28. The van der Waals surface area contributed by atoms with E-state index in [0.717, 1.165) is 38.9 Å². The third-order valence-corrected chi connectivity index (χ3v) is 6.03. The van der Waals surface area contributed by atoms with Gasteiger partial charge in [0.15, 0.2) is 5.65 Å². The molecule has 1 amide bonds. The average molecular weight is 454 g/mol. The van der Waals surface area contributed by atoms with Gasteiger partial charge in [-0.3, -0.25) is 9.59 Å². The number of hydrogen-bond acceptors (Lipinski definition) is 7. The molecule has 4 heterocycles. The highest BCUT2D eigenvalue weighted by Crippen LogP contribution is 2.27. The molecule has 10 heteroatoms. The predicted octanol–water partition coefficient (Wildman–Crippen LogP) is 3.08. The Morgan fingerprint density at radius 2 is 1.94 bits per heavy atom. The van der Waals surface area contributed by atoms with E-state index >= 15 is 0 Å². The van der Waals surface area contributed by atoms with Crippen LogP contribution in [0.25, 0.3) is 5.65 Å². The summed E-state index contributed by atoms with van der Waals surface area (Å²) in [6.45, 7) is 2.00. The van der Waals surface area contributed by atoms with Crippen molar-refractivity contribution in [1.82, 2.24) is 19.2 Å². The number of pyridine rings is 1. The number of aromatic nitrogens is 4. The van der Waals surface area contributed by atoms with Crippen molar-refractivity contribution in [3.05, 3.63) is 46.5 Å². The molecular weight excluding hydrogens is 422 g/mol. The number of primary amides is 1. The van der Waals surface area contributed by atoms with Crippen LogP contribution < -0.4 is 21.9 Å². The van der Waals surface area contributed by atoms with Crippen molar-refractivity contribution in [3.8, 4) is 0 Å². The van der Waals surface area contributed by atoms with Crippen LogP contribution in [0, 0.1) is 0 Å². The maximum absolute atomic E-state index is 13.0. The second-order valence-corrected chi connectivity index (χ2v) is 8.31. The Morgan fingerprint density at radius 1 is 1.18 bits per heavy atom.